The number of rotatable bonds is 7. The van der Waals surface area contributed by atoms with E-state index in [0.717, 1.165) is 6.54 Å². The fourth-order valence-electron chi connectivity index (χ4n) is 1.83. The van der Waals surface area contributed by atoms with Gasteiger partial charge in [-0.25, -0.2) is 0 Å². The largest absolute Gasteiger partial charge is 0.395 e. The Hall–Kier alpha value is -0.510. The molecule has 0 spiro atoms. The van der Waals surface area contributed by atoms with Crippen molar-refractivity contribution in [3.63, 3.8) is 0 Å². The Bertz CT molecular complexity index is 300. The van der Waals surface area contributed by atoms with Gasteiger partial charge in [0.25, 0.3) is 0 Å². The van der Waals surface area contributed by atoms with Gasteiger partial charge in [-0.1, -0.05) is 37.3 Å². The van der Waals surface area contributed by atoms with Crippen molar-refractivity contribution < 1.29 is 5.11 Å². The SMILES string of the molecule is CS[C@H](CO)[C@H](C)NC[C@@H](C)c1ccccc1. The maximum atomic E-state index is 9.22. The van der Waals surface area contributed by atoms with Crippen LogP contribution in [0.3, 0.4) is 0 Å². The van der Waals surface area contributed by atoms with Gasteiger partial charge >= 0.3 is 0 Å². The summed E-state index contributed by atoms with van der Waals surface area (Å²) in [6.07, 6.45) is 2.04. The van der Waals surface area contributed by atoms with Gasteiger partial charge in [0, 0.05) is 17.8 Å². The van der Waals surface area contributed by atoms with Crippen LogP contribution < -0.4 is 5.32 Å². The molecule has 0 heterocycles. The predicted octanol–water partition coefficient (Wildman–Crippen LogP) is 2.49. The van der Waals surface area contributed by atoms with Crippen molar-refractivity contribution in [1.82, 2.24) is 5.32 Å². The first-order chi connectivity index (χ1) is 8.19. The number of aliphatic hydroxyl groups is 1. The summed E-state index contributed by atoms with van der Waals surface area (Å²) in [5.74, 6) is 0.500. The van der Waals surface area contributed by atoms with Crippen LogP contribution in [0.4, 0.5) is 0 Å². The quantitative estimate of drug-likeness (QED) is 0.783. The molecule has 1 aromatic carbocycles. The second kappa shape index (κ2) is 7.75. The van der Waals surface area contributed by atoms with Crippen LogP contribution in [0.5, 0.6) is 0 Å². The van der Waals surface area contributed by atoms with E-state index in [9.17, 15) is 5.11 Å². The lowest BCUT2D eigenvalue weighted by molar-refractivity contribution is 0.275. The summed E-state index contributed by atoms with van der Waals surface area (Å²) < 4.78 is 0. The molecule has 0 bridgehead atoms. The van der Waals surface area contributed by atoms with Crippen LogP contribution in [-0.2, 0) is 0 Å². The fourth-order valence-corrected chi connectivity index (χ4v) is 2.48. The molecule has 2 nitrogen and oxygen atoms in total. The van der Waals surface area contributed by atoms with Crippen molar-refractivity contribution in [3.05, 3.63) is 35.9 Å². The molecule has 0 radical (unpaired) electrons. The van der Waals surface area contributed by atoms with E-state index in [1.807, 2.05) is 12.3 Å². The Labute approximate surface area is 109 Å². The summed E-state index contributed by atoms with van der Waals surface area (Å²) in [7, 11) is 0. The Balaban J connectivity index is 2.40. The van der Waals surface area contributed by atoms with Crippen LogP contribution in [0, 0.1) is 0 Å². The zero-order valence-corrected chi connectivity index (χ0v) is 11.7. The van der Waals surface area contributed by atoms with Gasteiger partial charge in [0.15, 0.2) is 0 Å². The number of hydrogen-bond donors (Lipinski definition) is 2. The highest BCUT2D eigenvalue weighted by atomic mass is 32.2. The van der Waals surface area contributed by atoms with Gasteiger partial charge in [-0.2, -0.15) is 11.8 Å². The van der Waals surface area contributed by atoms with Crippen molar-refractivity contribution >= 4 is 11.8 Å². The molecule has 0 unspecified atom stereocenters. The number of aliphatic hydroxyl groups excluding tert-OH is 1. The molecular weight excluding hydrogens is 230 g/mol. The van der Waals surface area contributed by atoms with Gasteiger partial charge in [-0.3, -0.25) is 0 Å². The normalized spacial score (nSPS) is 16.5. The van der Waals surface area contributed by atoms with E-state index >= 15 is 0 Å². The lowest BCUT2D eigenvalue weighted by Crippen LogP contribution is -2.39. The van der Waals surface area contributed by atoms with Crippen molar-refractivity contribution in [1.29, 1.82) is 0 Å². The van der Waals surface area contributed by atoms with Crippen molar-refractivity contribution in [3.8, 4) is 0 Å². The standard InChI is InChI=1S/C14H23NOS/c1-11(13-7-5-4-6-8-13)9-15-12(2)14(10-16)17-3/h4-8,11-12,14-16H,9-10H2,1-3H3/t11-,12+,14-/m1/s1. The predicted molar refractivity (Wildman–Crippen MR) is 76.7 cm³/mol. The third-order valence-electron chi connectivity index (χ3n) is 3.15. The first-order valence-corrected chi connectivity index (χ1v) is 7.39. The molecular formula is C14H23NOS. The van der Waals surface area contributed by atoms with Crippen molar-refractivity contribution in [2.24, 2.45) is 0 Å². The summed E-state index contributed by atoms with van der Waals surface area (Å²) in [4.78, 5) is 0. The lowest BCUT2D eigenvalue weighted by Gasteiger charge is -2.23. The summed E-state index contributed by atoms with van der Waals surface area (Å²) >= 11 is 1.71. The Morgan fingerprint density at radius 1 is 1.24 bits per heavy atom. The number of hydrogen-bond acceptors (Lipinski definition) is 3. The Kier molecular flexibility index (Phi) is 6.63. The third-order valence-corrected chi connectivity index (χ3v) is 4.32. The minimum absolute atomic E-state index is 0.231. The third kappa shape index (κ3) is 4.70. The van der Waals surface area contributed by atoms with E-state index in [4.69, 9.17) is 0 Å². The van der Waals surface area contributed by atoms with Crippen LogP contribution in [0.2, 0.25) is 0 Å². The monoisotopic (exact) mass is 253 g/mol. The first kappa shape index (κ1) is 14.6. The summed E-state index contributed by atoms with van der Waals surface area (Å²) in [6, 6.07) is 10.9. The average Bonchev–Trinajstić information content (AvgIpc) is 2.38. The molecule has 96 valence electrons. The molecule has 3 atom stereocenters. The number of nitrogens with one attached hydrogen (secondary N) is 1. The summed E-state index contributed by atoms with van der Waals surface area (Å²) in [6.45, 7) is 5.54. The van der Waals surface area contributed by atoms with Gasteiger partial charge in [-0.05, 0) is 24.7 Å². The van der Waals surface area contributed by atoms with Crippen molar-refractivity contribution in [2.75, 3.05) is 19.4 Å². The van der Waals surface area contributed by atoms with Crippen LogP contribution in [-0.4, -0.2) is 35.8 Å². The molecule has 0 saturated carbocycles. The molecule has 3 heteroatoms. The minimum Gasteiger partial charge on any atom is -0.395 e. The van der Waals surface area contributed by atoms with Gasteiger partial charge in [0.05, 0.1) is 6.61 Å². The van der Waals surface area contributed by atoms with Crippen LogP contribution in [0.15, 0.2) is 30.3 Å². The molecule has 0 amide bonds. The second-order valence-corrected chi connectivity index (χ2v) is 5.54. The fraction of sp³-hybridized carbons (Fsp3) is 0.571. The zero-order valence-electron chi connectivity index (χ0n) is 10.9. The summed E-state index contributed by atoms with van der Waals surface area (Å²) in [5, 5.41) is 13.0. The average molecular weight is 253 g/mol. The van der Waals surface area contributed by atoms with E-state index < -0.39 is 0 Å². The maximum Gasteiger partial charge on any atom is 0.0564 e. The van der Waals surface area contributed by atoms with Crippen LogP contribution in [0.25, 0.3) is 0 Å². The van der Waals surface area contributed by atoms with Gasteiger partial charge < -0.3 is 10.4 Å². The van der Waals surface area contributed by atoms with E-state index in [1.165, 1.54) is 5.56 Å². The molecule has 1 rings (SSSR count). The van der Waals surface area contributed by atoms with Gasteiger partial charge in [0.1, 0.15) is 0 Å². The molecule has 0 fully saturated rings. The minimum atomic E-state index is 0.231. The molecule has 0 aromatic heterocycles. The molecule has 17 heavy (non-hydrogen) atoms. The Morgan fingerprint density at radius 2 is 1.88 bits per heavy atom. The molecule has 0 aliphatic rings. The van der Waals surface area contributed by atoms with Gasteiger partial charge in [-0.15, -0.1) is 0 Å². The van der Waals surface area contributed by atoms with E-state index in [0.29, 0.717) is 12.0 Å². The Morgan fingerprint density at radius 3 is 2.41 bits per heavy atom. The highest BCUT2D eigenvalue weighted by molar-refractivity contribution is 7.99. The second-order valence-electron chi connectivity index (χ2n) is 4.47. The van der Waals surface area contributed by atoms with Crippen LogP contribution in [0.1, 0.15) is 25.3 Å². The van der Waals surface area contributed by atoms with E-state index in [2.05, 4.69) is 43.4 Å². The van der Waals surface area contributed by atoms with Crippen LogP contribution >= 0.6 is 11.8 Å². The molecule has 0 aliphatic carbocycles. The highest BCUT2D eigenvalue weighted by Gasteiger charge is 2.15. The van der Waals surface area contributed by atoms with Crippen molar-refractivity contribution in [2.45, 2.75) is 31.1 Å². The molecule has 0 saturated heterocycles. The van der Waals surface area contributed by atoms with Gasteiger partial charge in [0.2, 0.25) is 0 Å². The molecule has 2 N–H and O–H groups in total. The van der Waals surface area contributed by atoms with E-state index in [1.54, 1.807) is 11.8 Å². The zero-order chi connectivity index (χ0) is 12.7. The smallest absolute Gasteiger partial charge is 0.0564 e. The summed E-state index contributed by atoms with van der Waals surface area (Å²) in [5.41, 5.74) is 1.36. The number of benzene rings is 1. The molecule has 0 aliphatic heterocycles. The lowest BCUT2D eigenvalue weighted by atomic mass is 10.0. The highest BCUT2D eigenvalue weighted by Crippen LogP contribution is 2.15. The topological polar surface area (TPSA) is 32.3 Å². The first-order valence-electron chi connectivity index (χ1n) is 6.11. The molecule has 1 aromatic rings. The number of thioether (sulfide) groups is 1. The van der Waals surface area contributed by atoms with E-state index in [-0.39, 0.29) is 11.9 Å². The maximum absolute atomic E-state index is 9.22.